The number of esters is 3. The highest BCUT2D eigenvalue weighted by Gasteiger charge is 2.48. The Hall–Kier alpha value is -1.79. The molecule has 67 heavy (non-hydrogen) atoms. The Kier molecular flexibility index (Phi) is 28.3. The molecule has 11 heteroatoms. The van der Waals surface area contributed by atoms with Crippen LogP contribution in [0.3, 0.4) is 0 Å². The summed E-state index contributed by atoms with van der Waals surface area (Å²) in [5.74, 6) is -0.948. The molecule has 0 N–H and O–H groups in total. The van der Waals surface area contributed by atoms with Gasteiger partial charge in [0.05, 0.1) is 61.0 Å². The van der Waals surface area contributed by atoms with E-state index >= 15 is 0 Å². The smallest absolute Gasteiger partial charge is 0.306 e. The maximum atomic E-state index is 12.9. The monoisotopic (exact) mass is 947 g/mol. The lowest BCUT2D eigenvalue weighted by atomic mass is 10.0. The molecule has 5 saturated heterocycles. The summed E-state index contributed by atoms with van der Waals surface area (Å²) in [5, 5.41) is 0. The molecule has 11 nitrogen and oxygen atoms in total. The summed E-state index contributed by atoms with van der Waals surface area (Å²) in [6.07, 6.45) is 43.0. The van der Waals surface area contributed by atoms with E-state index in [9.17, 15) is 14.4 Å². The summed E-state index contributed by atoms with van der Waals surface area (Å²) >= 11 is 0. The topological polar surface area (TPSA) is 142 Å². The zero-order chi connectivity index (χ0) is 47.3. The van der Waals surface area contributed by atoms with Crippen LogP contribution in [0.4, 0.5) is 0 Å². The fourth-order valence-electron chi connectivity index (χ4n) is 10.1. The van der Waals surface area contributed by atoms with E-state index in [0.29, 0.717) is 80.3 Å². The Balaban J connectivity index is 0.865. The van der Waals surface area contributed by atoms with Crippen LogP contribution in [-0.4, -0.2) is 98.3 Å². The van der Waals surface area contributed by atoms with Gasteiger partial charge in [-0.2, -0.15) is 0 Å². The van der Waals surface area contributed by atoms with Crippen molar-refractivity contribution in [2.24, 2.45) is 0 Å². The second-order valence-corrected chi connectivity index (χ2v) is 21.1. The van der Waals surface area contributed by atoms with Crippen molar-refractivity contribution in [1.29, 1.82) is 0 Å². The van der Waals surface area contributed by atoms with Crippen molar-refractivity contribution in [3.63, 3.8) is 0 Å². The molecule has 5 aliphatic rings. The van der Waals surface area contributed by atoms with Gasteiger partial charge in [0.25, 0.3) is 0 Å². The number of rotatable bonds is 47. The average molecular weight is 947 g/mol. The third-order valence-electron chi connectivity index (χ3n) is 14.9. The zero-order valence-corrected chi connectivity index (χ0v) is 42.9. The van der Waals surface area contributed by atoms with Crippen LogP contribution in [0.1, 0.15) is 258 Å². The number of carbonyl (C=O) groups excluding carboxylic acids is 3. The van der Waals surface area contributed by atoms with Crippen LogP contribution in [-0.2, 0) is 52.3 Å². The van der Waals surface area contributed by atoms with Gasteiger partial charge in [0.15, 0.2) is 6.10 Å². The number of hydrogen-bond donors (Lipinski definition) is 0. The molecule has 11 unspecified atom stereocenters. The maximum Gasteiger partial charge on any atom is 0.306 e. The van der Waals surface area contributed by atoms with Gasteiger partial charge in [0.2, 0.25) is 0 Å². The van der Waals surface area contributed by atoms with Crippen molar-refractivity contribution in [3.05, 3.63) is 0 Å². The van der Waals surface area contributed by atoms with Crippen LogP contribution in [0.2, 0.25) is 0 Å². The van der Waals surface area contributed by atoms with Gasteiger partial charge in [-0.1, -0.05) is 168 Å². The molecule has 0 aliphatic carbocycles. The Labute approximate surface area is 407 Å². The van der Waals surface area contributed by atoms with Gasteiger partial charge in [0.1, 0.15) is 13.2 Å². The Bertz CT molecular complexity index is 1330. The van der Waals surface area contributed by atoms with Gasteiger partial charge in [-0.25, -0.2) is 0 Å². The minimum Gasteiger partial charge on any atom is -0.462 e. The fourth-order valence-corrected chi connectivity index (χ4v) is 10.1. The largest absolute Gasteiger partial charge is 0.462 e. The standard InChI is InChI=1S/C56H98O11/c1-4-7-10-15-23-32-44-45(63-44)33-24-16-12-14-19-29-38-56(59)62-43(42-61-55(58)37-28-21-20-26-35-49-53(67-49)40-51-47(65-51)31-22-8-5-2)41-60-54(57)36-27-18-13-11-17-25-34-48-52(66-48)39-50-46(64-50)30-9-6-3/h43-53H,4-42H2,1-3H3. The number of hydrogen-bond acceptors (Lipinski definition) is 11. The minimum atomic E-state index is -0.807. The van der Waals surface area contributed by atoms with Crippen molar-refractivity contribution in [2.45, 2.75) is 325 Å². The molecule has 0 aromatic carbocycles. The molecule has 5 rings (SSSR count). The first-order chi connectivity index (χ1) is 32.9. The summed E-state index contributed by atoms with van der Waals surface area (Å²) in [5.41, 5.74) is 0. The second kappa shape index (κ2) is 33.7. The van der Waals surface area contributed by atoms with Gasteiger partial charge in [0, 0.05) is 32.1 Å². The molecule has 0 radical (unpaired) electrons. The van der Waals surface area contributed by atoms with Crippen LogP contribution in [0, 0.1) is 0 Å². The van der Waals surface area contributed by atoms with Crippen LogP contribution in [0.25, 0.3) is 0 Å². The molecular formula is C56H98O11. The molecule has 388 valence electrons. The third kappa shape index (κ3) is 26.3. The van der Waals surface area contributed by atoms with Crippen molar-refractivity contribution in [2.75, 3.05) is 13.2 Å². The quantitative estimate of drug-likeness (QED) is 0.0249. The minimum absolute atomic E-state index is 0.102. The van der Waals surface area contributed by atoms with E-state index < -0.39 is 6.10 Å². The Morgan fingerprint density at radius 2 is 0.597 bits per heavy atom. The summed E-state index contributed by atoms with van der Waals surface area (Å²) in [7, 11) is 0. The first-order valence-corrected chi connectivity index (χ1v) is 28.6. The van der Waals surface area contributed by atoms with Crippen molar-refractivity contribution in [1.82, 2.24) is 0 Å². The lowest BCUT2D eigenvalue weighted by Gasteiger charge is -2.18. The highest BCUT2D eigenvalue weighted by Crippen LogP contribution is 2.40. The molecule has 5 heterocycles. The van der Waals surface area contributed by atoms with Gasteiger partial charge < -0.3 is 37.9 Å². The molecule has 5 fully saturated rings. The Morgan fingerprint density at radius 1 is 0.328 bits per heavy atom. The lowest BCUT2D eigenvalue weighted by molar-refractivity contribution is -0.167. The molecule has 0 bridgehead atoms. The van der Waals surface area contributed by atoms with E-state index in [-0.39, 0.29) is 31.1 Å². The van der Waals surface area contributed by atoms with E-state index in [4.69, 9.17) is 37.9 Å². The van der Waals surface area contributed by atoms with E-state index in [2.05, 4.69) is 20.8 Å². The molecule has 0 saturated carbocycles. The predicted molar refractivity (Wildman–Crippen MR) is 263 cm³/mol. The van der Waals surface area contributed by atoms with Crippen molar-refractivity contribution < 1.29 is 52.3 Å². The highest BCUT2D eigenvalue weighted by molar-refractivity contribution is 5.71. The predicted octanol–water partition coefficient (Wildman–Crippen LogP) is 13.3. The molecule has 0 spiro atoms. The van der Waals surface area contributed by atoms with Gasteiger partial charge in [-0.05, 0) is 57.8 Å². The molecule has 0 aromatic heterocycles. The van der Waals surface area contributed by atoms with E-state index in [1.165, 1.54) is 116 Å². The van der Waals surface area contributed by atoms with Crippen molar-refractivity contribution >= 4 is 17.9 Å². The fraction of sp³-hybridized carbons (Fsp3) is 0.946. The molecule has 0 aromatic rings. The second-order valence-electron chi connectivity index (χ2n) is 21.1. The third-order valence-corrected chi connectivity index (χ3v) is 14.9. The SMILES string of the molecule is CCCCCCCC1OC1CCCCCCCCC(=O)OC(COC(=O)CCCCCCCCC1OC1CC1OC1CCCC)COC(=O)CCCCCCC1OC1CC1OC1CCCCC. The first kappa shape index (κ1) is 56.1. The van der Waals surface area contributed by atoms with E-state index in [0.717, 1.165) is 103 Å². The van der Waals surface area contributed by atoms with E-state index in [1.54, 1.807) is 0 Å². The van der Waals surface area contributed by atoms with Gasteiger partial charge in [-0.3, -0.25) is 14.4 Å². The number of ether oxygens (including phenoxy) is 8. The molecule has 5 aliphatic heterocycles. The summed E-state index contributed by atoms with van der Waals surface area (Å²) in [6.45, 7) is 6.52. The zero-order valence-electron chi connectivity index (χ0n) is 42.9. The average Bonchev–Trinajstić information content (AvgIpc) is 4.04. The summed E-state index contributed by atoms with van der Waals surface area (Å²) < 4.78 is 46.3. The van der Waals surface area contributed by atoms with Crippen LogP contribution in [0.15, 0.2) is 0 Å². The molecule has 0 amide bonds. The molecular weight excluding hydrogens is 849 g/mol. The Morgan fingerprint density at radius 3 is 0.985 bits per heavy atom. The number of unbranched alkanes of at least 4 members (excludes halogenated alkanes) is 20. The summed E-state index contributed by atoms with van der Waals surface area (Å²) in [4.78, 5) is 38.3. The van der Waals surface area contributed by atoms with Gasteiger partial charge >= 0.3 is 17.9 Å². The normalized spacial score (nSPS) is 27.1. The number of epoxide rings is 5. The number of carbonyl (C=O) groups is 3. The lowest BCUT2D eigenvalue weighted by Crippen LogP contribution is -2.30. The van der Waals surface area contributed by atoms with E-state index in [1.807, 2.05) is 0 Å². The van der Waals surface area contributed by atoms with Crippen LogP contribution >= 0.6 is 0 Å². The molecule has 11 atom stereocenters. The maximum absolute atomic E-state index is 12.9. The van der Waals surface area contributed by atoms with Crippen LogP contribution in [0.5, 0.6) is 0 Å². The van der Waals surface area contributed by atoms with Crippen LogP contribution < -0.4 is 0 Å². The summed E-state index contributed by atoms with van der Waals surface area (Å²) in [6, 6.07) is 0. The highest BCUT2D eigenvalue weighted by atomic mass is 16.6. The van der Waals surface area contributed by atoms with Crippen molar-refractivity contribution in [3.8, 4) is 0 Å². The first-order valence-electron chi connectivity index (χ1n) is 28.6. The van der Waals surface area contributed by atoms with Gasteiger partial charge in [-0.15, -0.1) is 0 Å².